The molecule has 0 aromatic heterocycles. The number of piperidine rings is 1. The van der Waals surface area contributed by atoms with Crippen molar-refractivity contribution in [3.05, 3.63) is 71.8 Å². The number of carbonyl (C=O) groups is 8. The maximum absolute atomic E-state index is 14.4. The van der Waals surface area contributed by atoms with E-state index >= 15 is 0 Å². The Kier molecular flexibility index (Phi) is 17.5. The Morgan fingerprint density at radius 2 is 1.34 bits per heavy atom. The largest absolute Gasteiger partial charge is 0.370 e. The molecular formula is C40H55N7O8S. The Balaban J connectivity index is 1.92. The van der Waals surface area contributed by atoms with Gasteiger partial charge in [0.05, 0.1) is 12.0 Å². The van der Waals surface area contributed by atoms with Gasteiger partial charge in [-0.2, -0.15) is 11.8 Å². The van der Waals surface area contributed by atoms with Gasteiger partial charge in [0, 0.05) is 19.8 Å². The van der Waals surface area contributed by atoms with Gasteiger partial charge in [-0.1, -0.05) is 74.5 Å². The first kappa shape index (κ1) is 45.1. The smallest absolute Gasteiger partial charge is 0.246 e. The molecule has 304 valence electrons. The van der Waals surface area contributed by atoms with E-state index < -0.39 is 82.8 Å². The average molecular weight is 794 g/mol. The molecule has 0 saturated carbocycles. The van der Waals surface area contributed by atoms with Crippen LogP contribution in [0.25, 0.3) is 0 Å². The lowest BCUT2D eigenvalue weighted by atomic mass is 9.75. The predicted octanol–water partition coefficient (Wildman–Crippen LogP) is 0.815. The summed E-state index contributed by atoms with van der Waals surface area (Å²) in [4.78, 5) is 105. The van der Waals surface area contributed by atoms with Gasteiger partial charge in [-0.3, -0.25) is 38.4 Å². The quantitative estimate of drug-likeness (QED) is 0.0833. The number of primary amides is 2. The van der Waals surface area contributed by atoms with Gasteiger partial charge in [0.2, 0.25) is 41.4 Å². The third-order valence-electron chi connectivity index (χ3n) is 9.56. The maximum Gasteiger partial charge on any atom is 0.246 e. The molecule has 0 aliphatic carbocycles. The molecule has 6 atom stereocenters. The van der Waals surface area contributed by atoms with Crippen LogP contribution in [-0.2, 0) is 51.2 Å². The molecule has 15 nitrogen and oxygen atoms in total. The molecule has 9 N–H and O–H groups in total. The van der Waals surface area contributed by atoms with Gasteiger partial charge in [0.1, 0.15) is 23.7 Å². The fourth-order valence-corrected chi connectivity index (χ4v) is 7.30. The number of nitrogens with two attached hydrogens (primary N) is 2. The predicted molar refractivity (Wildman–Crippen MR) is 212 cm³/mol. The van der Waals surface area contributed by atoms with E-state index in [9.17, 15) is 38.4 Å². The SMILES string of the molecule is CSCC[C@H](NC(=O)[C@]1(CC(C)C)CC[C@@H](C(=O)[C@H](Cc2ccccc2)NC(=O)[C@H](Cc2ccccc2)NC(=O)[C@H](CCC(N)=O)NC(C)=O)C(=O)N1)C(N)=O. The Morgan fingerprint density at radius 1 is 0.786 bits per heavy atom. The molecule has 1 saturated heterocycles. The lowest BCUT2D eigenvalue weighted by Crippen LogP contribution is -2.66. The van der Waals surface area contributed by atoms with Crippen molar-refractivity contribution in [2.45, 2.75) is 102 Å². The van der Waals surface area contributed by atoms with E-state index in [1.165, 1.54) is 18.7 Å². The third-order valence-corrected chi connectivity index (χ3v) is 10.2. The Labute approximate surface area is 332 Å². The van der Waals surface area contributed by atoms with E-state index in [2.05, 4.69) is 26.6 Å². The lowest BCUT2D eigenvalue weighted by molar-refractivity contribution is -0.146. The van der Waals surface area contributed by atoms with Crippen molar-refractivity contribution in [3.63, 3.8) is 0 Å². The Hall–Kier alpha value is -5.25. The molecule has 16 heteroatoms. The van der Waals surface area contributed by atoms with E-state index in [0.717, 1.165) is 0 Å². The van der Waals surface area contributed by atoms with E-state index in [1.807, 2.05) is 20.1 Å². The van der Waals surface area contributed by atoms with E-state index in [1.54, 1.807) is 60.7 Å². The molecule has 1 aliphatic heterocycles. The van der Waals surface area contributed by atoms with Crippen molar-refractivity contribution in [2.75, 3.05) is 12.0 Å². The minimum Gasteiger partial charge on any atom is -0.370 e. The number of hydrogen-bond acceptors (Lipinski definition) is 9. The van der Waals surface area contributed by atoms with Crippen LogP contribution in [0.5, 0.6) is 0 Å². The minimum atomic E-state index is -1.41. The van der Waals surface area contributed by atoms with Crippen molar-refractivity contribution in [3.8, 4) is 0 Å². The molecule has 2 aromatic rings. The Bertz CT molecular complexity index is 1710. The second kappa shape index (κ2) is 21.7. The van der Waals surface area contributed by atoms with Crippen LogP contribution in [0.15, 0.2) is 60.7 Å². The van der Waals surface area contributed by atoms with Crippen LogP contribution in [0.2, 0.25) is 0 Å². The number of ketones is 1. The zero-order chi connectivity index (χ0) is 41.4. The van der Waals surface area contributed by atoms with Crippen molar-refractivity contribution in [1.29, 1.82) is 0 Å². The molecule has 0 bridgehead atoms. The van der Waals surface area contributed by atoms with E-state index in [-0.39, 0.29) is 50.9 Å². The number of amides is 7. The van der Waals surface area contributed by atoms with Gasteiger partial charge in [0.25, 0.3) is 0 Å². The summed E-state index contributed by atoms with van der Waals surface area (Å²) < 4.78 is 0. The first-order valence-electron chi connectivity index (χ1n) is 18.7. The average Bonchev–Trinajstić information content (AvgIpc) is 3.14. The first-order chi connectivity index (χ1) is 26.5. The molecular weight excluding hydrogens is 739 g/mol. The highest BCUT2D eigenvalue weighted by Gasteiger charge is 2.49. The number of carbonyl (C=O) groups excluding carboxylic acids is 8. The van der Waals surface area contributed by atoms with Gasteiger partial charge < -0.3 is 38.1 Å². The summed E-state index contributed by atoms with van der Waals surface area (Å²) in [6.45, 7) is 5.00. The zero-order valence-corrected chi connectivity index (χ0v) is 33.2. The van der Waals surface area contributed by atoms with Gasteiger partial charge in [-0.05, 0) is 67.6 Å². The topological polar surface area (TPSA) is 249 Å². The van der Waals surface area contributed by atoms with Crippen LogP contribution < -0.4 is 38.1 Å². The van der Waals surface area contributed by atoms with Crippen LogP contribution in [-0.4, -0.2) is 88.8 Å². The summed E-state index contributed by atoms with van der Waals surface area (Å²) in [5.41, 5.74) is 10.9. The molecule has 1 aliphatic rings. The second-order valence-corrected chi connectivity index (χ2v) is 15.6. The summed E-state index contributed by atoms with van der Waals surface area (Å²) in [7, 11) is 0. The van der Waals surface area contributed by atoms with Crippen molar-refractivity contribution >= 4 is 58.9 Å². The van der Waals surface area contributed by atoms with Crippen molar-refractivity contribution < 1.29 is 38.4 Å². The summed E-state index contributed by atoms with van der Waals surface area (Å²) in [6, 6.07) is 13.1. The van der Waals surface area contributed by atoms with Crippen LogP contribution in [0.4, 0.5) is 0 Å². The third kappa shape index (κ3) is 13.8. The zero-order valence-electron chi connectivity index (χ0n) is 32.4. The molecule has 0 unspecified atom stereocenters. The molecule has 3 rings (SSSR count). The summed E-state index contributed by atoms with van der Waals surface area (Å²) in [5, 5.41) is 13.5. The highest BCUT2D eigenvalue weighted by molar-refractivity contribution is 7.98. The molecule has 0 radical (unpaired) electrons. The molecule has 1 fully saturated rings. The van der Waals surface area contributed by atoms with Gasteiger partial charge >= 0.3 is 0 Å². The highest BCUT2D eigenvalue weighted by atomic mass is 32.2. The van der Waals surface area contributed by atoms with Gasteiger partial charge in [0.15, 0.2) is 5.78 Å². The summed E-state index contributed by atoms with van der Waals surface area (Å²) in [6.07, 6.45) is 2.20. The number of benzene rings is 2. The number of Topliss-reactive ketones (excluding diaryl/α,β-unsaturated/α-hetero) is 1. The maximum atomic E-state index is 14.4. The number of hydrogen-bond donors (Lipinski definition) is 7. The fraction of sp³-hybridized carbons (Fsp3) is 0.500. The van der Waals surface area contributed by atoms with Crippen molar-refractivity contribution in [1.82, 2.24) is 26.6 Å². The van der Waals surface area contributed by atoms with Gasteiger partial charge in [-0.15, -0.1) is 0 Å². The number of nitrogens with one attached hydrogen (secondary N) is 5. The van der Waals surface area contributed by atoms with Gasteiger partial charge in [-0.25, -0.2) is 0 Å². The number of rotatable bonds is 22. The second-order valence-electron chi connectivity index (χ2n) is 14.6. The van der Waals surface area contributed by atoms with Crippen LogP contribution in [0, 0.1) is 11.8 Å². The Morgan fingerprint density at radius 3 is 1.84 bits per heavy atom. The first-order valence-corrected chi connectivity index (χ1v) is 20.1. The standard InChI is InChI=1S/C40H55N7O8S/c1-24(2)23-40(39(55)46-29(35(42)51)18-20-56-4)19-17-28(36(52)47-40)34(50)31(21-26-11-7-5-8-12-26)44-38(54)32(22-27-13-9-6-10-14-27)45-37(53)30(43-25(3)48)15-16-33(41)49/h5-14,24,28-32H,15-23H2,1-4H3,(H2,41,49)(H2,42,51)(H,43,48)(H,44,54)(H,45,53)(H,46,55)(H,47,52)/t28-,29-,30-,31-,32-,40+/m0/s1. The molecule has 1 heterocycles. The summed E-state index contributed by atoms with van der Waals surface area (Å²) in [5.74, 6) is -5.90. The lowest BCUT2D eigenvalue weighted by Gasteiger charge is -2.41. The summed E-state index contributed by atoms with van der Waals surface area (Å²) >= 11 is 1.49. The van der Waals surface area contributed by atoms with Crippen LogP contribution >= 0.6 is 11.8 Å². The highest BCUT2D eigenvalue weighted by Crippen LogP contribution is 2.31. The molecule has 0 spiro atoms. The molecule has 2 aromatic carbocycles. The normalized spacial score (nSPS) is 18.7. The van der Waals surface area contributed by atoms with E-state index in [4.69, 9.17) is 11.5 Å². The number of thioether (sulfide) groups is 1. The van der Waals surface area contributed by atoms with Crippen LogP contribution in [0.3, 0.4) is 0 Å². The van der Waals surface area contributed by atoms with Crippen molar-refractivity contribution in [2.24, 2.45) is 23.3 Å². The minimum absolute atomic E-state index is 0.00720. The monoisotopic (exact) mass is 793 g/mol. The molecule has 7 amide bonds. The van der Waals surface area contributed by atoms with Crippen LogP contribution in [0.1, 0.15) is 70.4 Å². The van der Waals surface area contributed by atoms with E-state index in [0.29, 0.717) is 23.3 Å². The molecule has 56 heavy (non-hydrogen) atoms. The fourth-order valence-electron chi connectivity index (χ4n) is 6.83.